The van der Waals surface area contributed by atoms with Gasteiger partial charge in [0.15, 0.2) is 0 Å². The normalized spacial score (nSPS) is 34.7. The van der Waals surface area contributed by atoms with Crippen molar-refractivity contribution < 1.29 is 9.53 Å². The fourth-order valence-electron chi connectivity index (χ4n) is 2.42. The summed E-state index contributed by atoms with van der Waals surface area (Å²) in [4.78, 5) is 13.6. The molecule has 15 heavy (non-hydrogen) atoms. The van der Waals surface area contributed by atoms with Crippen LogP contribution in [0.4, 0.5) is 4.79 Å². The van der Waals surface area contributed by atoms with Crippen LogP contribution in [-0.4, -0.2) is 34.0 Å². The highest BCUT2D eigenvalue weighted by Crippen LogP contribution is 2.49. The van der Waals surface area contributed by atoms with Crippen LogP contribution >= 0.6 is 15.9 Å². The molecule has 3 aliphatic rings. The van der Waals surface area contributed by atoms with E-state index in [0.29, 0.717) is 5.92 Å². The first kappa shape index (κ1) is 11.2. The molecule has 1 aliphatic carbocycles. The number of halogens is 1. The van der Waals surface area contributed by atoms with Crippen LogP contribution in [0, 0.1) is 5.92 Å². The number of fused-ring (bicyclic) bond motifs is 2. The van der Waals surface area contributed by atoms with Gasteiger partial charge in [-0.25, -0.2) is 4.79 Å². The van der Waals surface area contributed by atoms with Crippen molar-refractivity contribution in [2.45, 2.75) is 43.5 Å². The van der Waals surface area contributed by atoms with Crippen LogP contribution in [0.1, 0.15) is 33.6 Å². The third kappa shape index (κ3) is 2.47. The van der Waals surface area contributed by atoms with Crippen LogP contribution in [-0.2, 0) is 4.74 Å². The zero-order chi connectivity index (χ0) is 11.3. The number of hydrogen-bond donors (Lipinski definition) is 0. The minimum absolute atomic E-state index is 0.171. The van der Waals surface area contributed by atoms with Crippen molar-refractivity contribution in [2.24, 2.45) is 5.92 Å². The lowest BCUT2D eigenvalue weighted by atomic mass is 9.71. The largest absolute Gasteiger partial charge is 0.444 e. The summed E-state index contributed by atoms with van der Waals surface area (Å²) in [5.41, 5.74) is -0.391. The number of hydrogen-bond acceptors (Lipinski definition) is 2. The molecule has 0 radical (unpaired) electrons. The van der Waals surface area contributed by atoms with Crippen LogP contribution in [0.5, 0.6) is 0 Å². The van der Waals surface area contributed by atoms with Crippen molar-refractivity contribution in [3.8, 4) is 0 Å². The van der Waals surface area contributed by atoms with E-state index in [1.165, 1.54) is 12.8 Å². The van der Waals surface area contributed by atoms with E-state index >= 15 is 0 Å². The number of carbonyl (C=O) groups is 1. The van der Waals surface area contributed by atoms with Crippen molar-refractivity contribution in [3.05, 3.63) is 0 Å². The van der Waals surface area contributed by atoms with Crippen molar-refractivity contribution in [3.63, 3.8) is 0 Å². The summed E-state index contributed by atoms with van der Waals surface area (Å²) < 4.78 is 5.54. The summed E-state index contributed by atoms with van der Waals surface area (Å²) in [7, 11) is 0. The maximum atomic E-state index is 11.8. The van der Waals surface area contributed by atoms with Crippen LogP contribution in [0.25, 0.3) is 0 Å². The van der Waals surface area contributed by atoms with E-state index < -0.39 is 5.60 Å². The SMILES string of the molecule is CC(C)(C)OC(=O)N1CC2CC(Br)(C2)C1. The highest BCUT2D eigenvalue weighted by Gasteiger charge is 2.50. The minimum Gasteiger partial charge on any atom is -0.444 e. The summed E-state index contributed by atoms with van der Waals surface area (Å²) in [5.74, 6) is 0.672. The molecule has 0 atom stereocenters. The molecule has 0 aromatic carbocycles. The molecule has 3 nitrogen and oxygen atoms in total. The molecule has 4 heteroatoms. The Hall–Kier alpha value is -0.250. The number of carbonyl (C=O) groups excluding carboxylic acids is 1. The second-order valence-corrected chi connectivity index (χ2v) is 7.47. The first-order chi connectivity index (χ1) is 6.77. The van der Waals surface area contributed by atoms with Gasteiger partial charge in [0.25, 0.3) is 0 Å². The quantitative estimate of drug-likeness (QED) is 0.637. The van der Waals surface area contributed by atoms with E-state index in [2.05, 4.69) is 15.9 Å². The summed E-state index contributed by atoms with van der Waals surface area (Å²) in [6.07, 6.45) is 2.23. The second-order valence-electron chi connectivity index (χ2n) is 5.79. The van der Waals surface area contributed by atoms with Crippen molar-refractivity contribution >= 4 is 22.0 Å². The molecule has 2 bridgehead atoms. The number of amides is 1. The molecule has 3 rings (SSSR count). The zero-order valence-corrected chi connectivity index (χ0v) is 11.1. The Morgan fingerprint density at radius 1 is 1.47 bits per heavy atom. The lowest BCUT2D eigenvalue weighted by Gasteiger charge is -2.53. The molecule has 1 amide bonds. The predicted molar refractivity (Wildman–Crippen MR) is 62.2 cm³/mol. The molecule has 2 aliphatic heterocycles. The van der Waals surface area contributed by atoms with Gasteiger partial charge in [0.1, 0.15) is 5.60 Å². The third-order valence-electron chi connectivity index (χ3n) is 2.91. The summed E-state index contributed by atoms with van der Waals surface area (Å²) in [6.45, 7) is 7.36. The van der Waals surface area contributed by atoms with Gasteiger partial charge in [-0.3, -0.25) is 0 Å². The highest BCUT2D eigenvalue weighted by molar-refractivity contribution is 9.10. The molecule has 0 N–H and O–H groups in total. The van der Waals surface area contributed by atoms with Gasteiger partial charge in [-0.05, 0) is 39.5 Å². The smallest absolute Gasteiger partial charge is 0.410 e. The number of nitrogens with zero attached hydrogens (tertiary/aromatic N) is 1. The maximum absolute atomic E-state index is 11.8. The van der Waals surface area contributed by atoms with Gasteiger partial charge < -0.3 is 9.64 Å². The van der Waals surface area contributed by atoms with E-state index in [-0.39, 0.29) is 10.4 Å². The number of piperidine rings is 2. The van der Waals surface area contributed by atoms with E-state index in [0.717, 1.165) is 13.1 Å². The lowest BCUT2D eigenvalue weighted by molar-refractivity contribution is -0.00597. The average Bonchev–Trinajstić information content (AvgIpc) is 1.98. The van der Waals surface area contributed by atoms with Gasteiger partial charge in [-0.15, -0.1) is 0 Å². The summed E-state index contributed by atoms with van der Waals surface area (Å²) in [5, 5.41) is 0. The van der Waals surface area contributed by atoms with Crippen molar-refractivity contribution in [1.29, 1.82) is 0 Å². The topological polar surface area (TPSA) is 29.5 Å². The Labute approximate surface area is 99.3 Å². The average molecular weight is 276 g/mol. The predicted octanol–water partition coefficient (Wildman–Crippen LogP) is 2.78. The molecule has 3 fully saturated rings. The van der Waals surface area contributed by atoms with Gasteiger partial charge in [-0.1, -0.05) is 15.9 Å². The van der Waals surface area contributed by atoms with Crippen molar-refractivity contribution in [1.82, 2.24) is 4.90 Å². The molecule has 86 valence electrons. The summed E-state index contributed by atoms with van der Waals surface area (Å²) >= 11 is 3.70. The molecular weight excluding hydrogens is 258 g/mol. The Bertz CT molecular complexity index is 279. The summed E-state index contributed by atoms with van der Waals surface area (Å²) in [6, 6.07) is 0. The monoisotopic (exact) mass is 275 g/mol. The first-order valence-corrected chi connectivity index (χ1v) is 6.24. The lowest BCUT2D eigenvalue weighted by Crippen LogP contribution is -2.59. The van der Waals surface area contributed by atoms with Gasteiger partial charge in [-0.2, -0.15) is 0 Å². The Morgan fingerprint density at radius 3 is 2.53 bits per heavy atom. The molecular formula is C11H18BrNO2. The molecule has 0 aromatic heterocycles. The number of rotatable bonds is 0. The van der Waals surface area contributed by atoms with Crippen LogP contribution in [0.2, 0.25) is 0 Å². The van der Waals surface area contributed by atoms with Crippen LogP contribution in [0.3, 0.4) is 0 Å². The van der Waals surface area contributed by atoms with E-state index in [9.17, 15) is 4.79 Å². The van der Waals surface area contributed by atoms with E-state index in [1.54, 1.807) is 0 Å². The molecule has 0 aromatic rings. The van der Waals surface area contributed by atoms with Crippen LogP contribution < -0.4 is 0 Å². The molecule has 2 heterocycles. The van der Waals surface area contributed by atoms with E-state index in [1.807, 2.05) is 25.7 Å². The van der Waals surface area contributed by atoms with Gasteiger partial charge >= 0.3 is 6.09 Å². The molecule has 0 spiro atoms. The maximum Gasteiger partial charge on any atom is 0.410 e. The number of alkyl halides is 1. The Morgan fingerprint density at radius 2 is 2.07 bits per heavy atom. The van der Waals surface area contributed by atoms with Gasteiger partial charge in [0.2, 0.25) is 0 Å². The molecule has 2 saturated heterocycles. The van der Waals surface area contributed by atoms with Crippen molar-refractivity contribution in [2.75, 3.05) is 13.1 Å². The Kier molecular flexibility index (Phi) is 2.53. The molecule has 0 unspecified atom stereocenters. The Balaban J connectivity index is 1.92. The second kappa shape index (κ2) is 3.37. The van der Waals surface area contributed by atoms with Gasteiger partial charge in [0, 0.05) is 17.4 Å². The highest BCUT2D eigenvalue weighted by atomic mass is 79.9. The molecule has 1 saturated carbocycles. The van der Waals surface area contributed by atoms with Gasteiger partial charge in [0.05, 0.1) is 0 Å². The minimum atomic E-state index is -0.391. The fraction of sp³-hybridized carbons (Fsp3) is 0.909. The zero-order valence-electron chi connectivity index (χ0n) is 9.55. The third-order valence-corrected chi connectivity index (χ3v) is 3.81. The first-order valence-electron chi connectivity index (χ1n) is 5.44. The van der Waals surface area contributed by atoms with Crippen LogP contribution in [0.15, 0.2) is 0 Å². The number of ether oxygens (including phenoxy) is 1. The fourth-order valence-corrected chi connectivity index (χ4v) is 3.64. The standard InChI is InChI=1S/C11H18BrNO2/c1-10(2,3)15-9(14)13-6-8-4-11(12,5-8)7-13/h8H,4-7H2,1-3H3. The van der Waals surface area contributed by atoms with E-state index in [4.69, 9.17) is 4.74 Å².